The summed E-state index contributed by atoms with van der Waals surface area (Å²) in [6.07, 6.45) is 0. The topological polar surface area (TPSA) is 26.3 Å². The molecular formula is C48H34O2. The van der Waals surface area contributed by atoms with Crippen LogP contribution in [-0.2, 0) is 5.41 Å². The molecule has 50 heavy (non-hydrogen) atoms. The first-order chi connectivity index (χ1) is 24.4. The van der Waals surface area contributed by atoms with E-state index in [-0.39, 0.29) is 5.41 Å². The van der Waals surface area contributed by atoms with Crippen molar-refractivity contribution in [2.24, 2.45) is 0 Å². The molecule has 238 valence electrons. The van der Waals surface area contributed by atoms with Crippen molar-refractivity contribution >= 4 is 65.4 Å². The smallest absolute Gasteiger partial charge is 0.143 e. The van der Waals surface area contributed by atoms with Crippen LogP contribution < -0.4 is 0 Å². The van der Waals surface area contributed by atoms with Gasteiger partial charge in [0.1, 0.15) is 22.3 Å². The van der Waals surface area contributed by atoms with Gasteiger partial charge in [-0.25, -0.2) is 0 Å². The molecule has 2 heterocycles. The summed E-state index contributed by atoms with van der Waals surface area (Å²) in [6, 6.07) is 54.6. The third-order valence-electron chi connectivity index (χ3n) is 10.5. The van der Waals surface area contributed by atoms with Crippen LogP contribution in [0, 0.1) is 0 Å². The predicted octanol–water partition coefficient (Wildman–Crippen LogP) is 14.1. The molecule has 0 aliphatic carbocycles. The quantitative estimate of drug-likeness (QED) is 0.179. The minimum atomic E-state index is 0.0657. The molecule has 10 aromatic rings. The highest BCUT2D eigenvalue weighted by molar-refractivity contribution is 6.25. The van der Waals surface area contributed by atoms with Gasteiger partial charge in [0.15, 0.2) is 0 Å². The van der Waals surface area contributed by atoms with Crippen LogP contribution in [0.3, 0.4) is 0 Å². The van der Waals surface area contributed by atoms with Crippen LogP contribution >= 0.6 is 0 Å². The van der Waals surface area contributed by atoms with Gasteiger partial charge in [0.25, 0.3) is 0 Å². The van der Waals surface area contributed by atoms with Crippen molar-refractivity contribution < 1.29 is 8.83 Å². The number of hydrogen-bond donors (Lipinski definition) is 0. The molecule has 10 rings (SSSR count). The van der Waals surface area contributed by atoms with E-state index in [1.54, 1.807) is 0 Å². The van der Waals surface area contributed by atoms with Crippen LogP contribution in [0.15, 0.2) is 160 Å². The first kappa shape index (κ1) is 28.9. The maximum atomic E-state index is 6.65. The van der Waals surface area contributed by atoms with Crippen molar-refractivity contribution in [1.29, 1.82) is 0 Å². The first-order valence-corrected chi connectivity index (χ1v) is 17.3. The Hall–Kier alpha value is -6.12. The van der Waals surface area contributed by atoms with Crippen molar-refractivity contribution in [3.05, 3.63) is 157 Å². The van der Waals surface area contributed by atoms with E-state index in [4.69, 9.17) is 8.83 Å². The second-order valence-electron chi connectivity index (χ2n) is 14.4. The van der Waals surface area contributed by atoms with Gasteiger partial charge in [0.2, 0.25) is 0 Å². The SMILES string of the molecule is CC(C)(C)c1ccc(-c2c3ccccc3c(-c3cccc4c3oc3ccccc34)c3ccc(-c4cccc5c4oc4ccccc45)cc23)cc1. The maximum absolute atomic E-state index is 6.65. The standard InChI is InChI=1S/C48H34O2/c1-48(2,3)31-25-22-29(23-26-31)44-35-14-4-5-15-36(35)45(40-19-11-18-39-34-13-7-9-21-43(34)50-47(39)40)37-27-24-30(28-41(37)44)32-16-10-17-38-33-12-6-8-20-42(33)49-46(32)38/h4-28H,1-3H3. The zero-order chi connectivity index (χ0) is 33.6. The molecule has 0 aliphatic heterocycles. The second-order valence-corrected chi connectivity index (χ2v) is 14.4. The Morgan fingerprint density at radius 1 is 0.360 bits per heavy atom. The van der Waals surface area contributed by atoms with Gasteiger partial charge in [-0.1, -0.05) is 154 Å². The summed E-state index contributed by atoms with van der Waals surface area (Å²) in [6.45, 7) is 6.81. The zero-order valence-corrected chi connectivity index (χ0v) is 28.3. The first-order valence-electron chi connectivity index (χ1n) is 17.3. The van der Waals surface area contributed by atoms with Gasteiger partial charge in [0, 0.05) is 38.2 Å². The fourth-order valence-corrected chi connectivity index (χ4v) is 8.00. The molecule has 0 aliphatic rings. The molecule has 0 saturated carbocycles. The molecule has 0 fully saturated rings. The number of rotatable bonds is 3. The van der Waals surface area contributed by atoms with E-state index in [0.29, 0.717) is 0 Å². The summed E-state index contributed by atoms with van der Waals surface area (Å²) >= 11 is 0. The summed E-state index contributed by atoms with van der Waals surface area (Å²) in [5.74, 6) is 0. The largest absolute Gasteiger partial charge is 0.455 e. The van der Waals surface area contributed by atoms with Crippen LogP contribution in [-0.4, -0.2) is 0 Å². The summed E-state index contributed by atoms with van der Waals surface area (Å²) in [5, 5.41) is 9.33. The molecule has 0 radical (unpaired) electrons. The monoisotopic (exact) mass is 642 g/mol. The van der Waals surface area contributed by atoms with Gasteiger partial charge >= 0.3 is 0 Å². The highest BCUT2D eigenvalue weighted by Crippen LogP contribution is 2.48. The van der Waals surface area contributed by atoms with Gasteiger partial charge in [-0.3, -0.25) is 0 Å². The van der Waals surface area contributed by atoms with Crippen LogP contribution in [0.5, 0.6) is 0 Å². The highest BCUT2D eigenvalue weighted by atomic mass is 16.3. The molecule has 0 saturated heterocycles. The van der Waals surface area contributed by atoms with Gasteiger partial charge in [0.05, 0.1) is 0 Å². The lowest BCUT2D eigenvalue weighted by Gasteiger charge is -2.21. The number of benzene rings is 8. The molecular weight excluding hydrogens is 609 g/mol. The van der Waals surface area contributed by atoms with Crippen molar-refractivity contribution in [1.82, 2.24) is 0 Å². The van der Waals surface area contributed by atoms with E-state index in [9.17, 15) is 0 Å². The molecule has 2 aromatic heterocycles. The van der Waals surface area contributed by atoms with Crippen molar-refractivity contribution in [2.75, 3.05) is 0 Å². The van der Waals surface area contributed by atoms with Crippen molar-refractivity contribution in [3.63, 3.8) is 0 Å². The third kappa shape index (κ3) is 4.28. The van der Waals surface area contributed by atoms with Crippen molar-refractivity contribution in [2.45, 2.75) is 26.2 Å². The van der Waals surface area contributed by atoms with Gasteiger partial charge < -0.3 is 8.83 Å². The summed E-state index contributed by atoms with van der Waals surface area (Å²) < 4.78 is 13.2. The molecule has 0 unspecified atom stereocenters. The second kappa shape index (κ2) is 10.7. The molecule has 8 aromatic carbocycles. The molecule has 0 bridgehead atoms. The van der Waals surface area contributed by atoms with Gasteiger partial charge in [-0.2, -0.15) is 0 Å². The van der Waals surface area contributed by atoms with Gasteiger partial charge in [-0.15, -0.1) is 0 Å². The maximum Gasteiger partial charge on any atom is 0.143 e. The lowest BCUT2D eigenvalue weighted by molar-refractivity contribution is 0.590. The Labute approximate surface area is 290 Å². The normalized spacial score (nSPS) is 12.3. The Morgan fingerprint density at radius 3 is 1.46 bits per heavy atom. The van der Waals surface area contributed by atoms with E-state index >= 15 is 0 Å². The lowest BCUT2D eigenvalue weighted by Crippen LogP contribution is -2.10. The lowest BCUT2D eigenvalue weighted by atomic mass is 9.83. The van der Waals surface area contributed by atoms with Crippen molar-refractivity contribution in [3.8, 4) is 33.4 Å². The average molecular weight is 643 g/mol. The summed E-state index contributed by atoms with van der Waals surface area (Å²) in [4.78, 5) is 0. The average Bonchev–Trinajstić information content (AvgIpc) is 3.72. The molecule has 0 N–H and O–H groups in total. The summed E-state index contributed by atoms with van der Waals surface area (Å²) in [5.41, 5.74) is 11.9. The fraction of sp³-hybridized carbons (Fsp3) is 0.0833. The third-order valence-corrected chi connectivity index (χ3v) is 10.5. The fourth-order valence-electron chi connectivity index (χ4n) is 8.00. The van der Waals surface area contributed by atoms with Gasteiger partial charge in [-0.05, 0) is 67.4 Å². The Balaban J connectivity index is 1.33. The highest BCUT2D eigenvalue weighted by Gasteiger charge is 2.22. The zero-order valence-electron chi connectivity index (χ0n) is 28.3. The number of hydrogen-bond acceptors (Lipinski definition) is 2. The predicted molar refractivity (Wildman–Crippen MR) is 211 cm³/mol. The van der Waals surface area contributed by atoms with E-state index in [0.717, 1.165) is 60.6 Å². The van der Waals surface area contributed by atoms with E-state index in [1.165, 1.54) is 43.8 Å². The number of para-hydroxylation sites is 4. The van der Waals surface area contributed by atoms with Crippen LogP contribution in [0.2, 0.25) is 0 Å². The number of fused-ring (bicyclic) bond motifs is 8. The van der Waals surface area contributed by atoms with Crippen LogP contribution in [0.1, 0.15) is 26.3 Å². The molecule has 2 heteroatoms. The Kier molecular flexibility index (Phi) is 6.17. The van der Waals surface area contributed by atoms with E-state index in [1.807, 2.05) is 12.1 Å². The van der Waals surface area contributed by atoms with E-state index < -0.39 is 0 Å². The minimum absolute atomic E-state index is 0.0657. The molecule has 0 spiro atoms. The Bertz CT molecular complexity index is 2950. The van der Waals surface area contributed by atoms with Crippen LogP contribution in [0.25, 0.3) is 98.8 Å². The minimum Gasteiger partial charge on any atom is -0.455 e. The molecule has 2 nitrogen and oxygen atoms in total. The van der Waals surface area contributed by atoms with Crippen LogP contribution in [0.4, 0.5) is 0 Å². The number of furan rings is 2. The van der Waals surface area contributed by atoms with E-state index in [2.05, 4.69) is 160 Å². The molecule has 0 amide bonds. The Morgan fingerprint density at radius 2 is 0.840 bits per heavy atom. The molecule has 0 atom stereocenters. The summed E-state index contributed by atoms with van der Waals surface area (Å²) in [7, 11) is 0.